The molecule has 0 spiro atoms. The molecule has 24 heavy (non-hydrogen) atoms. The van der Waals surface area contributed by atoms with Gasteiger partial charge in [0, 0.05) is 5.39 Å². The van der Waals surface area contributed by atoms with Gasteiger partial charge in [-0.1, -0.05) is 0 Å². The van der Waals surface area contributed by atoms with Crippen molar-refractivity contribution in [3.63, 3.8) is 0 Å². The molecule has 4 aromatic rings. The Morgan fingerprint density at radius 3 is 3.04 bits per heavy atom. The summed E-state index contributed by atoms with van der Waals surface area (Å²) in [7, 11) is 1.63. The number of nitrogens with zero attached hydrogens (tertiary/aromatic N) is 1. The summed E-state index contributed by atoms with van der Waals surface area (Å²) in [6.07, 6.45) is 1.87. The molecule has 0 bridgehead atoms. The predicted molar refractivity (Wildman–Crippen MR) is 96.6 cm³/mol. The lowest BCUT2D eigenvalue weighted by Crippen LogP contribution is -2.09. The molecular weight excluding hydrogens is 324 g/mol. The Kier molecular flexibility index (Phi) is 3.46. The largest absolute Gasteiger partial charge is 0.497 e. The van der Waals surface area contributed by atoms with E-state index in [2.05, 4.69) is 9.97 Å². The van der Waals surface area contributed by atoms with Crippen molar-refractivity contribution in [3.05, 3.63) is 57.7 Å². The molecule has 0 radical (unpaired) electrons. The van der Waals surface area contributed by atoms with Crippen LogP contribution >= 0.6 is 11.3 Å². The van der Waals surface area contributed by atoms with Gasteiger partial charge in [-0.25, -0.2) is 4.98 Å². The highest BCUT2D eigenvalue weighted by Crippen LogP contribution is 2.26. The minimum Gasteiger partial charge on any atom is -0.497 e. The lowest BCUT2D eigenvalue weighted by Gasteiger charge is -2.00. The first-order valence-electron chi connectivity index (χ1n) is 7.38. The first kappa shape index (κ1) is 14.7. The third-order valence-corrected chi connectivity index (χ3v) is 4.62. The zero-order chi connectivity index (χ0) is 16.7. The van der Waals surface area contributed by atoms with Gasteiger partial charge in [0.15, 0.2) is 0 Å². The SMILES string of the molecule is COc1ccc2oc(C=C(C)c3nc4sccc4c(=O)[nH]3)cc2c1. The molecule has 3 heterocycles. The number of H-pyrrole nitrogens is 1. The van der Waals surface area contributed by atoms with Gasteiger partial charge >= 0.3 is 0 Å². The number of methoxy groups -OCH3 is 1. The number of furan rings is 1. The molecule has 6 heteroatoms. The van der Waals surface area contributed by atoms with Gasteiger partial charge in [-0.2, -0.15) is 0 Å². The maximum atomic E-state index is 12.1. The number of ether oxygens (including phenoxy) is 1. The number of nitrogens with one attached hydrogen (secondary N) is 1. The zero-order valence-corrected chi connectivity index (χ0v) is 13.9. The molecule has 0 atom stereocenters. The first-order chi connectivity index (χ1) is 11.6. The summed E-state index contributed by atoms with van der Waals surface area (Å²) in [5.41, 5.74) is 1.48. The van der Waals surface area contributed by atoms with E-state index in [9.17, 15) is 4.79 Å². The molecule has 0 aliphatic rings. The van der Waals surface area contributed by atoms with Gasteiger partial charge in [0.2, 0.25) is 0 Å². The Bertz CT molecular complexity index is 1130. The van der Waals surface area contributed by atoms with Crippen LogP contribution in [-0.4, -0.2) is 17.1 Å². The van der Waals surface area contributed by atoms with Gasteiger partial charge in [-0.05, 0) is 54.3 Å². The van der Waals surface area contributed by atoms with Crippen LogP contribution in [0.4, 0.5) is 0 Å². The van der Waals surface area contributed by atoms with Crippen molar-refractivity contribution in [2.45, 2.75) is 6.92 Å². The monoisotopic (exact) mass is 338 g/mol. The van der Waals surface area contributed by atoms with Crippen LogP contribution in [0.2, 0.25) is 0 Å². The molecule has 1 aromatic carbocycles. The molecule has 120 valence electrons. The Labute approximate surface area is 141 Å². The van der Waals surface area contributed by atoms with Gasteiger partial charge in [0.1, 0.15) is 27.7 Å². The number of benzene rings is 1. The molecule has 1 N–H and O–H groups in total. The Hall–Kier alpha value is -2.86. The van der Waals surface area contributed by atoms with Crippen molar-refractivity contribution in [2.24, 2.45) is 0 Å². The van der Waals surface area contributed by atoms with Crippen LogP contribution in [0.25, 0.3) is 32.8 Å². The van der Waals surface area contributed by atoms with E-state index in [1.807, 2.05) is 42.6 Å². The molecule has 4 rings (SSSR count). The lowest BCUT2D eigenvalue weighted by molar-refractivity contribution is 0.415. The van der Waals surface area contributed by atoms with E-state index in [4.69, 9.17) is 9.15 Å². The highest BCUT2D eigenvalue weighted by Gasteiger charge is 2.08. The molecule has 0 saturated heterocycles. The highest BCUT2D eigenvalue weighted by molar-refractivity contribution is 7.16. The maximum Gasteiger partial charge on any atom is 0.259 e. The standard InChI is InChI=1S/C18H14N2O3S/c1-10(16-19-17(21)14-5-6-24-18(14)20-16)7-13-9-11-8-12(22-2)3-4-15(11)23-13/h3-9H,1-2H3,(H,19,20,21). The third kappa shape index (κ3) is 2.51. The molecule has 0 unspecified atom stereocenters. The summed E-state index contributed by atoms with van der Waals surface area (Å²) < 4.78 is 11.0. The Morgan fingerprint density at radius 1 is 1.33 bits per heavy atom. The summed E-state index contributed by atoms with van der Waals surface area (Å²) in [6.45, 7) is 1.89. The number of rotatable bonds is 3. The summed E-state index contributed by atoms with van der Waals surface area (Å²) in [5.74, 6) is 2.03. The maximum absolute atomic E-state index is 12.1. The number of hydrogen-bond donors (Lipinski definition) is 1. The topological polar surface area (TPSA) is 68.1 Å². The first-order valence-corrected chi connectivity index (χ1v) is 8.26. The number of fused-ring (bicyclic) bond motifs is 2. The smallest absolute Gasteiger partial charge is 0.259 e. The van der Waals surface area contributed by atoms with Crippen molar-refractivity contribution in [1.29, 1.82) is 0 Å². The fourth-order valence-electron chi connectivity index (χ4n) is 2.57. The van der Waals surface area contributed by atoms with Crippen molar-refractivity contribution in [3.8, 4) is 5.75 Å². The molecule has 5 nitrogen and oxygen atoms in total. The minimum atomic E-state index is -0.127. The van der Waals surface area contributed by atoms with Gasteiger partial charge in [0.05, 0.1) is 12.5 Å². The van der Waals surface area contributed by atoms with E-state index in [0.29, 0.717) is 17.0 Å². The van der Waals surface area contributed by atoms with Gasteiger partial charge < -0.3 is 14.1 Å². The minimum absolute atomic E-state index is 0.127. The second-order valence-corrected chi connectivity index (χ2v) is 6.33. The molecule has 3 aromatic heterocycles. The van der Waals surface area contributed by atoms with Gasteiger partial charge in [-0.3, -0.25) is 4.79 Å². The van der Waals surface area contributed by atoms with Crippen LogP contribution in [0.3, 0.4) is 0 Å². The summed E-state index contributed by atoms with van der Waals surface area (Å²) in [4.78, 5) is 20.1. The number of allylic oxidation sites excluding steroid dienone is 1. The number of hydrogen-bond acceptors (Lipinski definition) is 5. The summed E-state index contributed by atoms with van der Waals surface area (Å²) in [5, 5.41) is 3.44. The van der Waals surface area contributed by atoms with Crippen molar-refractivity contribution in [1.82, 2.24) is 9.97 Å². The van der Waals surface area contributed by atoms with Crippen LogP contribution in [0.1, 0.15) is 18.5 Å². The van der Waals surface area contributed by atoms with E-state index in [1.54, 1.807) is 13.2 Å². The highest BCUT2D eigenvalue weighted by atomic mass is 32.1. The second kappa shape index (κ2) is 5.65. The lowest BCUT2D eigenvalue weighted by atomic mass is 10.2. The van der Waals surface area contributed by atoms with E-state index in [-0.39, 0.29) is 5.56 Å². The van der Waals surface area contributed by atoms with Gasteiger partial charge in [0.25, 0.3) is 5.56 Å². The van der Waals surface area contributed by atoms with Gasteiger partial charge in [-0.15, -0.1) is 11.3 Å². The normalized spacial score (nSPS) is 12.2. The van der Waals surface area contributed by atoms with E-state index in [0.717, 1.165) is 27.1 Å². The quantitative estimate of drug-likeness (QED) is 0.605. The van der Waals surface area contributed by atoms with Crippen LogP contribution in [0.5, 0.6) is 5.75 Å². The molecule has 0 aliphatic carbocycles. The number of aromatic amines is 1. The molecular formula is C18H14N2O3S. The third-order valence-electron chi connectivity index (χ3n) is 3.81. The molecule has 0 aliphatic heterocycles. The number of aromatic nitrogens is 2. The van der Waals surface area contributed by atoms with Crippen molar-refractivity contribution >= 4 is 44.2 Å². The predicted octanol–water partition coefficient (Wildman–Crippen LogP) is 4.30. The number of thiophene rings is 1. The fourth-order valence-corrected chi connectivity index (χ4v) is 3.34. The molecule has 0 fully saturated rings. The average Bonchev–Trinajstić information content (AvgIpc) is 3.19. The van der Waals surface area contributed by atoms with E-state index >= 15 is 0 Å². The average molecular weight is 338 g/mol. The van der Waals surface area contributed by atoms with Crippen molar-refractivity contribution in [2.75, 3.05) is 7.11 Å². The Morgan fingerprint density at radius 2 is 2.21 bits per heavy atom. The molecule has 0 saturated carbocycles. The van der Waals surface area contributed by atoms with E-state index in [1.165, 1.54) is 11.3 Å². The Balaban J connectivity index is 1.77. The van der Waals surface area contributed by atoms with Crippen LogP contribution in [0.15, 0.2) is 44.9 Å². The second-order valence-electron chi connectivity index (χ2n) is 5.43. The van der Waals surface area contributed by atoms with Crippen LogP contribution < -0.4 is 10.3 Å². The van der Waals surface area contributed by atoms with Crippen LogP contribution in [0, 0.1) is 0 Å². The van der Waals surface area contributed by atoms with Crippen molar-refractivity contribution < 1.29 is 9.15 Å². The molecule has 0 amide bonds. The summed E-state index contributed by atoms with van der Waals surface area (Å²) in [6, 6.07) is 9.36. The van der Waals surface area contributed by atoms with Crippen LogP contribution in [-0.2, 0) is 0 Å². The summed E-state index contributed by atoms with van der Waals surface area (Å²) >= 11 is 1.45. The van der Waals surface area contributed by atoms with E-state index < -0.39 is 0 Å². The zero-order valence-electron chi connectivity index (χ0n) is 13.1. The fraction of sp³-hybridized carbons (Fsp3) is 0.111.